The number of thioether (sulfide) groups is 1. The van der Waals surface area contributed by atoms with Gasteiger partial charge in [0, 0.05) is 11.3 Å². The van der Waals surface area contributed by atoms with Crippen molar-refractivity contribution in [3.05, 3.63) is 35.9 Å². The van der Waals surface area contributed by atoms with E-state index in [0.29, 0.717) is 5.25 Å². The molecule has 3 atom stereocenters. The molecule has 20 heavy (non-hydrogen) atoms. The van der Waals surface area contributed by atoms with Gasteiger partial charge in [0.2, 0.25) is 5.91 Å². The first-order valence-electron chi connectivity index (χ1n) is 6.79. The molecular formula is C15H20N2OS2. The van der Waals surface area contributed by atoms with Gasteiger partial charge in [-0.05, 0) is 31.1 Å². The Labute approximate surface area is 129 Å². The Bertz CT molecular complexity index is 478. The van der Waals surface area contributed by atoms with Crippen LogP contribution in [0, 0.1) is 0 Å². The highest BCUT2D eigenvalue weighted by Crippen LogP contribution is 2.28. The van der Waals surface area contributed by atoms with Crippen LogP contribution in [0.2, 0.25) is 0 Å². The molecule has 3 nitrogen and oxygen atoms in total. The Morgan fingerprint density at radius 2 is 2.10 bits per heavy atom. The third kappa shape index (κ3) is 3.73. The second-order valence-corrected chi connectivity index (χ2v) is 6.73. The molecule has 0 radical (unpaired) electrons. The van der Waals surface area contributed by atoms with Gasteiger partial charge in [-0.3, -0.25) is 4.79 Å². The van der Waals surface area contributed by atoms with E-state index in [1.165, 1.54) is 0 Å². The molecule has 0 aromatic heterocycles. The first-order valence-corrected chi connectivity index (χ1v) is 8.49. The summed E-state index contributed by atoms with van der Waals surface area (Å²) in [6.45, 7) is 0. The predicted octanol–water partition coefficient (Wildman–Crippen LogP) is 2.46. The SMILES string of the molecule is CSC1CCC(NC(=O)C(C(N)=S)c2ccccc2)C1. The molecule has 1 saturated carbocycles. The topological polar surface area (TPSA) is 55.1 Å². The minimum atomic E-state index is -0.528. The third-order valence-corrected chi connectivity index (χ3v) is 5.07. The molecule has 1 aliphatic carbocycles. The van der Waals surface area contributed by atoms with E-state index < -0.39 is 5.92 Å². The van der Waals surface area contributed by atoms with Gasteiger partial charge in [0.15, 0.2) is 0 Å². The van der Waals surface area contributed by atoms with E-state index in [4.69, 9.17) is 18.0 Å². The van der Waals surface area contributed by atoms with E-state index in [-0.39, 0.29) is 16.9 Å². The van der Waals surface area contributed by atoms with E-state index in [1.807, 2.05) is 42.1 Å². The average Bonchev–Trinajstić information content (AvgIpc) is 2.87. The van der Waals surface area contributed by atoms with Crippen LogP contribution in [0.25, 0.3) is 0 Å². The maximum absolute atomic E-state index is 12.5. The van der Waals surface area contributed by atoms with Crippen molar-refractivity contribution < 1.29 is 4.79 Å². The Morgan fingerprint density at radius 1 is 1.40 bits per heavy atom. The molecule has 1 aliphatic rings. The van der Waals surface area contributed by atoms with Crippen LogP contribution in [0.1, 0.15) is 30.7 Å². The van der Waals surface area contributed by atoms with Crippen LogP contribution < -0.4 is 11.1 Å². The first-order chi connectivity index (χ1) is 9.61. The van der Waals surface area contributed by atoms with Gasteiger partial charge in [-0.2, -0.15) is 11.8 Å². The molecule has 3 N–H and O–H groups in total. The highest BCUT2D eigenvalue weighted by molar-refractivity contribution is 7.99. The lowest BCUT2D eigenvalue weighted by Crippen LogP contribution is -2.41. The molecule has 1 aromatic carbocycles. The molecule has 5 heteroatoms. The van der Waals surface area contributed by atoms with Crippen LogP contribution >= 0.6 is 24.0 Å². The molecular weight excluding hydrogens is 288 g/mol. The summed E-state index contributed by atoms with van der Waals surface area (Å²) in [7, 11) is 0. The molecule has 2 rings (SSSR count). The molecule has 0 spiro atoms. The molecule has 1 amide bonds. The zero-order chi connectivity index (χ0) is 14.5. The minimum absolute atomic E-state index is 0.0737. The fourth-order valence-corrected chi connectivity index (χ4v) is 3.70. The largest absolute Gasteiger partial charge is 0.392 e. The van der Waals surface area contributed by atoms with Gasteiger partial charge >= 0.3 is 0 Å². The highest BCUT2D eigenvalue weighted by Gasteiger charge is 2.29. The van der Waals surface area contributed by atoms with E-state index in [0.717, 1.165) is 24.8 Å². The summed E-state index contributed by atoms with van der Waals surface area (Å²) >= 11 is 6.95. The molecule has 0 aliphatic heterocycles. The summed E-state index contributed by atoms with van der Waals surface area (Å²) in [4.78, 5) is 12.7. The second kappa shape index (κ2) is 7.09. The van der Waals surface area contributed by atoms with Crippen molar-refractivity contribution in [1.29, 1.82) is 0 Å². The predicted molar refractivity (Wildman–Crippen MR) is 89.1 cm³/mol. The maximum atomic E-state index is 12.5. The van der Waals surface area contributed by atoms with Crippen molar-refractivity contribution >= 4 is 34.9 Å². The number of hydrogen-bond acceptors (Lipinski definition) is 3. The van der Waals surface area contributed by atoms with Crippen molar-refractivity contribution in [3.63, 3.8) is 0 Å². The fraction of sp³-hybridized carbons (Fsp3) is 0.467. The van der Waals surface area contributed by atoms with Crippen molar-refractivity contribution in [3.8, 4) is 0 Å². The Balaban J connectivity index is 2.04. The third-order valence-electron chi connectivity index (χ3n) is 3.74. The van der Waals surface area contributed by atoms with Crippen molar-refractivity contribution in [2.24, 2.45) is 5.73 Å². The number of thiocarbonyl (C=S) groups is 1. The molecule has 0 heterocycles. The normalized spacial score (nSPS) is 23.2. The molecule has 3 unspecified atom stereocenters. The van der Waals surface area contributed by atoms with Gasteiger partial charge in [0.25, 0.3) is 0 Å². The van der Waals surface area contributed by atoms with Crippen LogP contribution in [0.3, 0.4) is 0 Å². The Kier molecular flexibility index (Phi) is 5.43. The number of benzene rings is 1. The van der Waals surface area contributed by atoms with Gasteiger partial charge < -0.3 is 11.1 Å². The number of hydrogen-bond donors (Lipinski definition) is 2. The summed E-state index contributed by atoms with van der Waals surface area (Å²) in [5.41, 5.74) is 6.62. The number of carbonyl (C=O) groups is 1. The van der Waals surface area contributed by atoms with E-state index in [1.54, 1.807) is 0 Å². The number of nitrogens with two attached hydrogens (primary N) is 1. The summed E-state index contributed by atoms with van der Waals surface area (Å²) in [6, 6.07) is 9.74. The van der Waals surface area contributed by atoms with Crippen molar-refractivity contribution in [2.45, 2.75) is 36.5 Å². The van der Waals surface area contributed by atoms with Gasteiger partial charge in [-0.1, -0.05) is 42.5 Å². The minimum Gasteiger partial charge on any atom is -0.392 e. The van der Waals surface area contributed by atoms with Crippen molar-refractivity contribution in [2.75, 3.05) is 6.26 Å². The van der Waals surface area contributed by atoms with Gasteiger partial charge in [-0.25, -0.2) is 0 Å². The zero-order valence-electron chi connectivity index (χ0n) is 11.5. The molecule has 0 saturated heterocycles. The smallest absolute Gasteiger partial charge is 0.234 e. The molecule has 108 valence electrons. The standard InChI is InChI=1S/C15H20N2OS2/c1-20-12-8-7-11(9-12)17-15(18)13(14(16)19)10-5-3-2-4-6-10/h2-6,11-13H,7-9H2,1H3,(H2,16,19)(H,17,18). The van der Waals surface area contributed by atoms with Crippen LogP contribution in [0.15, 0.2) is 30.3 Å². The first kappa shape index (κ1) is 15.3. The number of nitrogens with one attached hydrogen (secondary N) is 1. The van der Waals surface area contributed by atoms with E-state index in [2.05, 4.69) is 11.6 Å². The van der Waals surface area contributed by atoms with Gasteiger partial charge in [0.05, 0.1) is 4.99 Å². The van der Waals surface area contributed by atoms with Gasteiger partial charge in [0.1, 0.15) is 5.92 Å². The lowest BCUT2D eigenvalue weighted by Gasteiger charge is -2.19. The van der Waals surface area contributed by atoms with Crippen LogP contribution in [0.4, 0.5) is 0 Å². The Hall–Kier alpha value is -1.07. The van der Waals surface area contributed by atoms with Crippen LogP contribution in [-0.4, -0.2) is 28.4 Å². The van der Waals surface area contributed by atoms with Crippen molar-refractivity contribution in [1.82, 2.24) is 5.32 Å². The monoisotopic (exact) mass is 308 g/mol. The Morgan fingerprint density at radius 3 is 2.65 bits per heavy atom. The van der Waals surface area contributed by atoms with E-state index >= 15 is 0 Å². The second-order valence-electron chi connectivity index (χ2n) is 5.12. The summed E-state index contributed by atoms with van der Waals surface area (Å²) in [5, 5.41) is 3.76. The lowest BCUT2D eigenvalue weighted by molar-refractivity contribution is -0.121. The number of carbonyl (C=O) groups excluding carboxylic acids is 1. The molecule has 1 aromatic rings. The average molecular weight is 308 g/mol. The number of rotatable bonds is 5. The van der Waals surface area contributed by atoms with Crippen LogP contribution in [0.5, 0.6) is 0 Å². The highest BCUT2D eigenvalue weighted by atomic mass is 32.2. The fourth-order valence-electron chi connectivity index (χ4n) is 2.66. The van der Waals surface area contributed by atoms with Crippen LogP contribution in [-0.2, 0) is 4.79 Å². The summed E-state index contributed by atoms with van der Waals surface area (Å²) in [6.07, 6.45) is 5.35. The molecule has 1 fully saturated rings. The zero-order valence-corrected chi connectivity index (χ0v) is 13.2. The lowest BCUT2D eigenvalue weighted by atomic mass is 9.98. The van der Waals surface area contributed by atoms with E-state index in [9.17, 15) is 4.79 Å². The maximum Gasteiger partial charge on any atom is 0.234 e. The summed E-state index contributed by atoms with van der Waals surface area (Å²) in [5.74, 6) is -0.602. The number of amides is 1. The quantitative estimate of drug-likeness (QED) is 0.821. The summed E-state index contributed by atoms with van der Waals surface area (Å²) < 4.78 is 0. The molecule has 0 bridgehead atoms. The van der Waals surface area contributed by atoms with Gasteiger partial charge in [-0.15, -0.1) is 0 Å².